The Labute approximate surface area is 85.2 Å². The molecule has 1 aromatic rings. The van der Waals surface area contributed by atoms with Crippen LogP contribution < -0.4 is 0 Å². The van der Waals surface area contributed by atoms with Crippen molar-refractivity contribution in [1.82, 2.24) is 9.97 Å². The van der Waals surface area contributed by atoms with Crippen LogP contribution in [0.15, 0.2) is 6.20 Å². The highest BCUT2D eigenvalue weighted by molar-refractivity contribution is 5.18. The maximum Gasteiger partial charge on any atom is 0.128 e. The molecule has 0 fully saturated rings. The molecule has 14 heavy (non-hydrogen) atoms. The van der Waals surface area contributed by atoms with Gasteiger partial charge in [0.25, 0.3) is 0 Å². The number of hydrogen-bond acceptors (Lipinski definition) is 3. The number of unbranched alkanes of at least 4 members (excludes halogenated alkanes) is 1. The van der Waals surface area contributed by atoms with Crippen LogP contribution in [0.5, 0.6) is 0 Å². The van der Waals surface area contributed by atoms with Crippen molar-refractivity contribution in [1.29, 1.82) is 0 Å². The van der Waals surface area contributed by atoms with Gasteiger partial charge in [0.2, 0.25) is 0 Å². The fourth-order valence-corrected chi connectivity index (χ4v) is 1.39. The van der Waals surface area contributed by atoms with Gasteiger partial charge in [-0.25, -0.2) is 9.97 Å². The van der Waals surface area contributed by atoms with Crippen LogP contribution in [0.4, 0.5) is 0 Å². The third kappa shape index (κ3) is 2.77. The number of nitrogens with zero attached hydrogens (tertiary/aromatic N) is 2. The summed E-state index contributed by atoms with van der Waals surface area (Å²) in [5.41, 5.74) is 1.71. The molecule has 0 unspecified atom stereocenters. The van der Waals surface area contributed by atoms with E-state index in [-0.39, 0.29) is 0 Å². The van der Waals surface area contributed by atoms with Crippen LogP contribution >= 0.6 is 0 Å². The van der Waals surface area contributed by atoms with Crippen LogP contribution in [0, 0.1) is 6.92 Å². The number of hydrogen-bond donors (Lipinski definition) is 1. The summed E-state index contributed by atoms with van der Waals surface area (Å²) in [6, 6.07) is 0. The Morgan fingerprint density at radius 1 is 1.50 bits per heavy atom. The van der Waals surface area contributed by atoms with Crippen molar-refractivity contribution < 1.29 is 5.11 Å². The van der Waals surface area contributed by atoms with Crippen LogP contribution in [0.1, 0.15) is 49.9 Å². The fraction of sp³-hybridized carbons (Fsp3) is 0.636. The Kier molecular flexibility index (Phi) is 4.01. The molecule has 0 aliphatic rings. The smallest absolute Gasteiger partial charge is 0.128 e. The Balaban J connectivity index is 2.78. The van der Waals surface area contributed by atoms with Crippen LogP contribution in [0.3, 0.4) is 0 Å². The minimum atomic E-state index is -0.477. The molecule has 1 rings (SSSR count). The van der Waals surface area contributed by atoms with Crippen molar-refractivity contribution in [2.45, 2.75) is 46.1 Å². The third-order valence-electron chi connectivity index (χ3n) is 2.27. The molecule has 0 aromatic carbocycles. The van der Waals surface area contributed by atoms with Crippen molar-refractivity contribution >= 4 is 0 Å². The lowest BCUT2D eigenvalue weighted by Gasteiger charge is -2.08. The zero-order valence-corrected chi connectivity index (χ0v) is 9.12. The first-order valence-electron chi connectivity index (χ1n) is 5.15. The summed E-state index contributed by atoms with van der Waals surface area (Å²) in [5, 5.41) is 9.39. The number of rotatable bonds is 4. The highest BCUT2D eigenvalue weighted by atomic mass is 16.3. The van der Waals surface area contributed by atoms with Gasteiger partial charge in [-0.15, -0.1) is 0 Å². The predicted octanol–water partition coefficient (Wildman–Crippen LogP) is 2.18. The van der Waals surface area contributed by atoms with E-state index in [1.165, 1.54) is 0 Å². The Hall–Kier alpha value is -0.960. The first kappa shape index (κ1) is 11.1. The highest BCUT2D eigenvalue weighted by Gasteiger charge is 2.07. The molecule has 3 heteroatoms. The van der Waals surface area contributed by atoms with Gasteiger partial charge in [0.1, 0.15) is 5.82 Å². The zero-order valence-electron chi connectivity index (χ0n) is 9.12. The second-order valence-corrected chi connectivity index (χ2v) is 3.61. The van der Waals surface area contributed by atoms with Gasteiger partial charge in [-0.05, 0) is 20.3 Å². The normalized spacial score (nSPS) is 12.9. The van der Waals surface area contributed by atoms with E-state index in [2.05, 4.69) is 16.9 Å². The molecule has 78 valence electrons. The lowest BCUT2D eigenvalue weighted by molar-refractivity contribution is 0.197. The Morgan fingerprint density at radius 2 is 2.21 bits per heavy atom. The standard InChI is InChI=1S/C11H18N2O/c1-4-5-6-11-12-7-10(9(3)14)8(2)13-11/h7,9,14H,4-6H2,1-3H3/t9-/m0/s1. The molecule has 1 heterocycles. The van der Waals surface area contributed by atoms with Gasteiger partial charge in [0.05, 0.1) is 6.10 Å². The summed E-state index contributed by atoms with van der Waals surface area (Å²) in [6.45, 7) is 5.80. The molecular formula is C11H18N2O. The van der Waals surface area contributed by atoms with E-state index in [9.17, 15) is 5.11 Å². The van der Waals surface area contributed by atoms with Crippen molar-refractivity contribution in [3.63, 3.8) is 0 Å². The second kappa shape index (κ2) is 5.05. The van der Waals surface area contributed by atoms with E-state index in [4.69, 9.17) is 0 Å². The molecule has 0 aliphatic heterocycles. The summed E-state index contributed by atoms with van der Waals surface area (Å²) in [6.07, 6.45) is 4.46. The van der Waals surface area contributed by atoms with Gasteiger partial charge in [-0.3, -0.25) is 0 Å². The number of aliphatic hydroxyl groups is 1. The largest absolute Gasteiger partial charge is 0.389 e. The van der Waals surface area contributed by atoms with Crippen molar-refractivity contribution in [2.75, 3.05) is 0 Å². The first-order chi connectivity index (χ1) is 6.65. The Bertz CT molecular complexity index is 297. The van der Waals surface area contributed by atoms with Gasteiger partial charge in [0, 0.05) is 23.9 Å². The second-order valence-electron chi connectivity index (χ2n) is 3.61. The van der Waals surface area contributed by atoms with E-state index in [0.29, 0.717) is 0 Å². The van der Waals surface area contributed by atoms with Gasteiger partial charge in [-0.2, -0.15) is 0 Å². The van der Waals surface area contributed by atoms with E-state index in [1.807, 2.05) is 6.92 Å². The van der Waals surface area contributed by atoms with Crippen LogP contribution in [0.25, 0.3) is 0 Å². The average Bonchev–Trinajstić information content (AvgIpc) is 2.14. The zero-order chi connectivity index (χ0) is 10.6. The average molecular weight is 194 g/mol. The molecule has 1 N–H and O–H groups in total. The monoisotopic (exact) mass is 194 g/mol. The molecule has 0 radical (unpaired) electrons. The third-order valence-corrected chi connectivity index (χ3v) is 2.27. The summed E-state index contributed by atoms with van der Waals surface area (Å²) in [4.78, 5) is 8.59. The molecule has 1 aromatic heterocycles. The van der Waals surface area contributed by atoms with Crippen LogP contribution in [-0.4, -0.2) is 15.1 Å². The van der Waals surface area contributed by atoms with Gasteiger partial charge in [-0.1, -0.05) is 13.3 Å². The molecule has 0 spiro atoms. The highest BCUT2D eigenvalue weighted by Crippen LogP contribution is 2.14. The first-order valence-corrected chi connectivity index (χ1v) is 5.15. The van der Waals surface area contributed by atoms with Crippen molar-refractivity contribution in [2.24, 2.45) is 0 Å². The summed E-state index contributed by atoms with van der Waals surface area (Å²) >= 11 is 0. The topological polar surface area (TPSA) is 46.0 Å². The number of aryl methyl sites for hydroxylation is 2. The molecule has 0 aliphatic carbocycles. The molecule has 0 amide bonds. The maximum absolute atomic E-state index is 9.39. The number of aliphatic hydroxyl groups excluding tert-OH is 1. The van der Waals surface area contributed by atoms with Gasteiger partial charge >= 0.3 is 0 Å². The van der Waals surface area contributed by atoms with E-state index in [1.54, 1.807) is 13.1 Å². The lowest BCUT2D eigenvalue weighted by atomic mass is 10.1. The van der Waals surface area contributed by atoms with Gasteiger partial charge in [0.15, 0.2) is 0 Å². The molecule has 1 atom stereocenters. The molecular weight excluding hydrogens is 176 g/mol. The van der Waals surface area contributed by atoms with Crippen molar-refractivity contribution in [3.8, 4) is 0 Å². The summed E-state index contributed by atoms with van der Waals surface area (Å²) in [5.74, 6) is 0.883. The van der Waals surface area contributed by atoms with E-state index in [0.717, 1.165) is 36.3 Å². The minimum absolute atomic E-state index is 0.477. The van der Waals surface area contributed by atoms with Gasteiger partial charge < -0.3 is 5.11 Å². The van der Waals surface area contributed by atoms with E-state index >= 15 is 0 Å². The summed E-state index contributed by atoms with van der Waals surface area (Å²) < 4.78 is 0. The number of aromatic nitrogens is 2. The molecule has 0 saturated heterocycles. The van der Waals surface area contributed by atoms with Crippen molar-refractivity contribution in [3.05, 3.63) is 23.3 Å². The van der Waals surface area contributed by atoms with E-state index < -0.39 is 6.10 Å². The Morgan fingerprint density at radius 3 is 2.71 bits per heavy atom. The lowest BCUT2D eigenvalue weighted by Crippen LogP contribution is -2.03. The molecule has 3 nitrogen and oxygen atoms in total. The van der Waals surface area contributed by atoms with Crippen LogP contribution in [0.2, 0.25) is 0 Å². The SMILES string of the molecule is CCCCc1ncc([C@H](C)O)c(C)n1. The fourth-order valence-electron chi connectivity index (χ4n) is 1.39. The summed E-state index contributed by atoms with van der Waals surface area (Å²) in [7, 11) is 0. The molecule has 0 saturated carbocycles. The predicted molar refractivity (Wildman–Crippen MR) is 56.0 cm³/mol. The van der Waals surface area contributed by atoms with Crippen LogP contribution in [-0.2, 0) is 6.42 Å². The maximum atomic E-state index is 9.39. The minimum Gasteiger partial charge on any atom is -0.389 e. The molecule has 0 bridgehead atoms. The quantitative estimate of drug-likeness (QED) is 0.799.